The second kappa shape index (κ2) is 7.37. The van der Waals surface area contributed by atoms with Crippen molar-refractivity contribution in [1.29, 1.82) is 0 Å². The Morgan fingerprint density at radius 3 is 2.47 bits per heavy atom. The summed E-state index contributed by atoms with van der Waals surface area (Å²) in [6.07, 6.45) is 7.98. The van der Waals surface area contributed by atoms with E-state index >= 15 is 0 Å². The fraction of sp³-hybridized carbons (Fsp3) is 0.625. The molecule has 0 saturated carbocycles. The SMILES string of the molecule is CCCCCCC(CC)c1ccc(N)cc1C. The summed E-state index contributed by atoms with van der Waals surface area (Å²) in [6.45, 7) is 6.74. The summed E-state index contributed by atoms with van der Waals surface area (Å²) in [5.74, 6) is 0.715. The molecule has 0 aliphatic rings. The van der Waals surface area contributed by atoms with Crippen LogP contribution in [0.1, 0.15) is 69.4 Å². The molecule has 1 heteroatoms. The van der Waals surface area contributed by atoms with Gasteiger partial charge >= 0.3 is 0 Å². The Morgan fingerprint density at radius 1 is 1.12 bits per heavy atom. The van der Waals surface area contributed by atoms with E-state index in [-0.39, 0.29) is 0 Å². The highest BCUT2D eigenvalue weighted by molar-refractivity contribution is 5.45. The van der Waals surface area contributed by atoms with Gasteiger partial charge in [0.15, 0.2) is 0 Å². The van der Waals surface area contributed by atoms with Crippen LogP contribution in [-0.2, 0) is 0 Å². The Bertz CT molecular complexity index is 330. The van der Waals surface area contributed by atoms with Gasteiger partial charge in [0.05, 0.1) is 0 Å². The number of hydrogen-bond acceptors (Lipinski definition) is 1. The number of nitrogens with two attached hydrogens (primary N) is 1. The molecule has 1 aromatic rings. The average molecular weight is 233 g/mol. The molecule has 0 heterocycles. The maximum absolute atomic E-state index is 5.81. The predicted molar refractivity (Wildman–Crippen MR) is 77.4 cm³/mol. The first-order chi connectivity index (χ1) is 8.19. The van der Waals surface area contributed by atoms with E-state index in [0.717, 1.165) is 5.69 Å². The van der Waals surface area contributed by atoms with Crippen LogP contribution in [0.2, 0.25) is 0 Å². The summed E-state index contributed by atoms with van der Waals surface area (Å²) in [5.41, 5.74) is 9.54. The van der Waals surface area contributed by atoms with Crippen molar-refractivity contribution in [1.82, 2.24) is 0 Å². The summed E-state index contributed by atoms with van der Waals surface area (Å²) in [5, 5.41) is 0. The van der Waals surface area contributed by atoms with Crippen molar-refractivity contribution in [2.24, 2.45) is 0 Å². The molecule has 1 atom stereocenters. The molecule has 0 aliphatic carbocycles. The summed E-state index contributed by atoms with van der Waals surface area (Å²) in [6, 6.07) is 6.36. The monoisotopic (exact) mass is 233 g/mol. The molecule has 96 valence electrons. The van der Waals surface area contributed by atoms with E-state index in [2.05, 4.69) is 32.9 Å². The van der Waals surface area contributed by atoms with Crippen LogP contribution in [0.15, 0.2) is 18.2 Å². The summed E-state index contributed by atoms with van der Waals surface area (Å²) < 4.78 is 0. The minimum Gasteiger partial charge on any atom is -0.399 e. The van der Waals surface area contributed by atoms with Gasteiger partial charge in [0, 0.05) is 5.69 Å². The van der Waals surface area contributed by atoms with Gasteiger partial charge in [-0.15, -0.1) is 0 Å². The Kier molecular flexibility index (Phi) is 6.10. The number of unbranched alkanes of at least 4 members (excludes halogenated alkanes) is 3. The van der Waals surface area contributed by atoms with Crippen LogP contribution in [0.25, 0.3) is 0 Å². The van der Waals surface area contributed by atoms with Crippen LogP contribution in [0.3, 0.4) is 0 Å². The minimum atomic E-state index is 0.715. The summed E-state index contributed by atoms with van der Waals surface area (Å²) >= 11 is 0. The van der Waals surface area contributed by atoms with Crippen LogP contribution in [0.5, 0.6) is 0 Å². The molecule has 1 unspecified atom stereocenters. The predicted octanol–water partition coefficient (Wildman–Crippen LogP) is 5.04. The van der Waals surface area contributed by atoms with Crippen LogP contribution in [0, 0.1) is 6.92 Å². The van der Waals surface area contributed by atoms with Crippen molar-refractivity contribution in [2.45, 2.75) is 65.2 Å². The molecule has 0 bridgehead atoms. The lowest BCUT2D eigenvalue weighted by Gasteiger charge is -2.18. The lowest BCUT2D eigenvalue weighted by molar-refractivity contribution is 0.541. The van der Waals surface area contributed by atoms with E-state index in [1.54, 1.807) is 0 Å². The number of aryl methyl sites for hydroxylation is 1. The standard InChI is InChI=1S/C16H27N/c1-4-6-7-8-9-14(5-2)16-11-10-15(17)12-13(16)3/h10-12,14H,4-9,17H2,1-3H3. The van der Waals surface area contributed by atoms with Gasteiger partial charge in [0.25, 0.3) is 0 Å². The largest absolute Gasteiger partial charge is 0.399 e. The van der Waals surface area contributed by atoms with Gasteiger partial charge in [-0.25, -0.2) is 0 Å². The molecular formula is C16H27N. The Hall–Kier alpha value is -0.980. The number of hydrogen-bond donors (Lipinski definition) is 1. The van der Waals surface area contributed by atoms with Crippen LogP contribution >= 0.6 is 0 Å². The van der Waals surface area contributed by atoms with Gasteiger partial charge in [0.2, 0.25) is 0 Å². The molecule has 17 heavy (non-hydrogen) atoms. The average Bonchev–Trinajstić information content (AvgIpc) is 2.31. The Morgan fingerprint density at radius 2 is 1.88 bits per heavy atom. The van der Waals surface area contributed by atoms with E-state index in [0.29, 0.717) is 5.92 Å². The second-order valence-corrected chi connectivity index (χ2v) is 5.07. The Balaban J connectivity index is 2.59. The summed E-state index contributed by atoms with van der Waals surface area (Å²) in [7, 11) is 0. The van der Waals surface area contributed by atoms with Crippen LogP contribution in [0.4, 0.5) is 5.69 Å². The molecule has 0 aliphatic heterocycles. The molecule has 0 spiro atoms. The second-order valence-electron chi connectivity index (χ2n) is 5.07. The summed E-state index contributed by atoms with van der Waals surface area (Å²) in [4.78, 5) is 0. The van der Waals surface area contributed by atoms with Gasteiger partial charge < -0.3 is 5.73 Å². The van der Waals surface area contributed by atoms with Crippen LogP contribution < -0.4 is 5.73 Å². The van der Waals surface area contributed by atoms with Crippen molar-refractivity contribution >= 4 is 5.69 Å². The first-order valence-electron chi connectivity index (χ1n) is 7.05. The van der Waals surface area contributed by atoms with Gasteiger partial charge in [-0.1, -0.05) is 45.6 Å². The molecule has 0 aromatic heterocycles. The quantitative estimate of drug-likeness (QED) is 0.518. The van der Waals surface area contributed by atoms with E-state index in [1.807, 2.05) is 6.07 Å². The molecule has 1 rings (SSSR count). The fourth-order valence-corrected chi connectivity index (χ4v) is 2.55. The van der Waals surface area contributed by atoms with Crippen molar-refractivity contribution in [3.63, 3.8) is 0 Å². The zero-order valence-electron chi connectivity index (χ0n) is 11.6. The van der Waals surface area contributed by atoms with Crippen molar-refractivity contribution in [3.05, 3.63) is 29.3 Å². The number of rotatable bonds is 7. The highest BCUT2D eigenvalue weighted by Crippen LogP contribution is 2.29. The zero-order valence-corrected chi connectivity index (χ0v) is 11.6. The van der Waals surface area contributed by atoms with Crippen molar-refractivity contribution < 1.29 is 0 Å². The molecule has 1 aromatic carbocycles. The van der Waals surface area contributed by atoms with Crippen molar-refractivity contribution in [3.8, 4) is 0 Å². The van der Waals surface area contributed by atoms with E-state index in [4.69, 9.17) is 5.73 Å². The molecule has 0 saturated heterocycles. The topological polar surface area (TPSA) is 26.0 Å². The maximum atomic E-state index is 5.81. The van der Waals surface area contributed by atoms with E-state index in [9.17, 15) is 0 Å². The molecular weight excluding hydrogens is 206 g/mol. The third kappa shape index (κ3) is 4.41. The molecule has 2 N–H and O–H groups in total. The lowest BCUT2D eigenvalue weighted by atomic mass is 9.88. The number of benzene rings is 1. The zero-order chi connectivity index (χ0) is 12.7. The highest BCUT2D eigenvalue weighted by atomic mass is 14.5. The molecule has 1 nitrogen and oxygen atoms in total. The first-order valence-corrected chi connectivity index (χ1v) is 7.05. The molecule has 0 fully saturated rings. The third-order valence-electron chi connectivity index (χ3n) is 3.63. The maximum Gasteiger partial charge on any atom is 0.0316 e. The van der Waals surface area contributed by atoms with Gasteiger partial charge in [0.1, 0.15) is 0 Å². The Labute approximate surface area is 106 Å². The van der Waals surface area contributed by atoms with Crippen molar-refractivity contribution in [2.75, 3.05) is 5.73 Å². The fourth-order valence-electron chi connectivity index (χ4n) is 2.55. The van der Waals surface area contributed by atoms with Gasteiger partial charge in [-0.05, 0) is 48.9 Å². The van der Waals surface area contributed by atoms with E-state index in [1.165, 1.54) is 49.7 Å². The number of anilines is 1. The molecule has 0 radical (unpaired) electrons. The normalized spacial score (nSPS) is 12.6. The highest BCUT2D eigenvalue weighted by Gasteiger charge is 2.11. The van der Waals surface area contributed by atoms with Gasteiger partial charge in [-0.3, -0.25) is 0 Å². The lowest BCUT2D eigenvalue weighted by Crippen LogP contribution is -2.01. The molecule has 0 amide bonds. The van der Waals surface area contributed by atoms with Gasteiger partial charge in [-0.2, -0.15) is 0 Å². The third-order valence-corrected chi connectivity index (χ3v) is 3.63. The van der Waals surface area contributed by atoms with Crippen LogP contribution in [-0.4, -0.2) is 0 Å². The smallest absolute Gasteiger partial charge is 0.0316 e. The first kappa shape index (κ1) is 14.1. The van der Waals surface area contributed by atoms with E-state index < -0.39 is 0 Å². The minimum absolute atomic E-state index is 0.715. The number of nitrogen functional groups attached to an aromatic ring is 1.